The molecule has 0 saturated carbocycles. The van der Waals surface area contributed by atoms with Gasteiger partial charge >= 0.3 is 0 Å². The molecule has 5 heteroatoms. The van der Waals surface area contributed by atoms with Crippen LogP contribution in [0.5, 0.6) is 0 Å². The van der Waals surface area contributed by atoms with Crippen LogP contribution in [0.15, 0.2) is 20.7 Å². The van der Waals surface area contributed by atoms with Gasteiger partial charge in [-0.25, -0.2) is 10.0 Å². The van der Waals surface area contributed by atoms with E-state index < -0.39 is 0 Å². The summed E-state index contributed by atoms with van der Waals surface area (Å²) in [5.41, 5.74) is 0.784. The number of aliphatic imine (C=N–C) groups is 1. The molecule has 1 aliphatic heterocycles. The number of hydrogen-bond donors (Lipinski definition) is 1. The molecule has 1 rings (SSSR count). The highest BCUT2D eigenvalue weighted by Gasteiger charge is 2.19. The minimum atomic E-state index is 0.639. The first-order chi connectivity index (χ1) is 6.20. The Labute approximate surface area is 82.1 Å². The summed E-state index contributed by atoms with van der Waals surface area (Å²) in [6.45, 7) is 4.46. The number of hydrazone groups is 1. The topological polar surface area (TPSA) is 51.8 Å². The summed E-state index contributed by atoms with van der Waals surface area (Å²) in [5.74, 6) is 0.644. The maximum absolute atomic E-state index is 6.90. The first-order valence-electron chi connectivity index (χ1n) is 3.95. The quantitative estimate of drug-likeness (QED) is 0.534. The van der Waals surface area contributed by atoms with E-state index in [-0.39, 0.29) is 0 Å². The molecule has 0 atom stereocenters. The normalized spacial score (nSPS) is 22.7. The summed E-state index contributed by atoms with van der Waals surface area (Å²) in [5, 5.41) is 13.3. The third-order valence-electron chi connectivity index (χ3n) is 1.67. The van der Waals surface area contributed by atoms with Gasteiger partial charge in [0.15, 0.2) is 5.84 Å². The Morgan fingerprint density at radius 2 is 2.54 bits per heavy atom. The van der Waals surface area contributed by atoms with Gasteiger partial charge in [0.2, 0.25) is 0 Å². The van der Waals surface area contributed by atoms with Crippen molar-refractivity contribution in [1.82, 2.24) is 5.01 Å². The molecule has 0 unspecified atom stereocenters. The number of rotatable bonds is 2. The van der Waals surface area contributed by atoms with Gasteiger partial charge in [0, 0.05) is 11.6 Å². The van der Waals surface area contributed by atoms with E-state index in [0.29, 0.717) is 10.9 Å². The molecule has 4 nitrogen and oxygen atoms in total. The fraction of sp³-hybridized carbons (Fsp3) is 0.375. The Bertz CT molecular complexity index is 299. The molecule has 1 aliphatic rings. The van der Waals surface area contributed by atoms with Crippen molar-refractivity contribution in [3.8, 4) is 0 Å². The monoisotopic (exact) mass is 198 g/mol. The van der Waals surface area contributed by atoms with Crippen molar-refractivity contribution in [3.63, 3.8) is 0 Å². The molecule has 0 amide bonds. The largest absolute Gasteiger partial charge is 0.289 e. The SMILES string of the molecule is CCN1N=C/C(=C(/C)Cl)C1=NC=N. The summed E-state index contributed by atoms with van der Waals surface area (Å²) in [7, 11) is 0. The van der Waals surface area contributed by atoms with Crippen LogP contribution in [0.4, 0.5) is 0 Å². The minimum Gasteiger partial charge on any atom is -0.289 e. The van der Waals surface area contributed by atoms with Crippen molar-refractivity contribution < 1.29 is 0 Å². The Balaban J connectivity index is 3.06. The molecule has 0 spiro atoms. The molecule has 0 bridgehead atoms. The molecule has 0 radical (unpaired) electrons. The fourth-order valence-corrected chi connectivity index (χ4v) is 1.18. The number of likely N-dealkylation sites (N-methyl/N-ethyl adjacent to an activating group) is 1. The molecule has 70 valence electrons. The number of allylic oxidation sites excluding steroid dienone is 1. The zero-order chi connectivity index (χ0) is 9.84. The lowest BCUT2D eigenvalue weighted by atomic mass is 10.2. The predicted molar refractivity (Wildman–Crippen MR) is 55.6 cm³/mol. The van der Waals surface area contributed by atoms with Crippen LogP contribution in [-0.4, -0.2) is 29.9 Å². The van der Waals surface area contributed by atoms with E-state index >= 15 is 0 Å². The first-order valence-corrected chi connectivity index (χ1v) is 4.33. The van der Waals surface area contributed by atoms with Crippen LogP contribution in [0.2, 0.25) is 0 Å². The van der Waals surface area contributed by atoms with E-state index in [4.69, 9.17) is 17.0 Å². The van der Waals surface area contributed by atoms with E-state index in [2.05, 4.69) is 10.1 Å². The van der Waals surface area contributed by atoms with E-state index in [9.17, 15) is 0 Å². The van der Waals surface area contributed by atoms with E-state index in [1.165, 1.54) is 0 Å². The summed E-state index contributed by atoms with van der Waals surface area (Å²) in [6.07, 6.45) is 2.65. The zero-order valence-corrected chi connectivity index (χ0v) is 8.34. The molecular weight excluding hydrogens is 188 g/mol. The molecule has 0 fully saturated rings. The van der Waals surface area contributed by atoms with Gasteiger partial charge in [-0.1, -0.05) is 11.6 Å². The van der Waals surface area contributed by atoms with Crippen LogP contribution in [-0.2, 0) is 0 Å². The number of nitrogens with one attached hydrogen (secondary N) is 1. The second-order valence-corrected chi connectivity index (χ2v) is 3.06. The van der Waals surface area contributed by atoms with Gasteiger partial charge in [-0.15, -0.1) is 0 Å². The molecule has 13 heavy (non-hydrogen) atoms. The van der Waals surface area contributed by atoms with Crippen molar-refractivity contribution in [2.75, 3.05) is 6.54 Å². The standard InChI is InChI=1S/C8H11ClN4/c1-3-13-8(11-5-10)7(4-12-13)6(2)9/h4-5,10H,3H2,1-2H3/b7-6+,10-5?,11-8?. The van der Waals surface area contributed by atoms with E-state index in [1.54, 1.807) is 18.1 Å². The van der Waals surface area contributed by atoms with Crippen molar-refractivity contribution in [1.29, 1.82) is 5.41 Å². The maximum atomic E-state index is 6.90. The zero-order valence-electron chi connectivity index (χ0n) is 7.58. The Kier molecular flexibility index (Phi) is 3.19. The van der Waals surface area contributed by atoms with Crippen LogP contribution >= 0.6 is 11.6 Å². The lowest BCUT2D eigenvalue weighted by Gasteiger charge is -2.11. The van der Waals surface area contributed by atoms with Crippen molar-refractivity contribution in [2.24, 2.45) is 10.1 Å². The van der Waals surface area contributed by atoms with Crippen LogP contribution in [0, 0.1) is 5.41 Å². The van der Waals surface area contributed by atoms with Gasteiger partial charge in [-0.05, 0) is 13.8 Å². The second kappa shape index (κ2) is 4.18. The van der Waals surface area contributed by atoms with Crippen molar-refractivity contribution in [2.45, 2.75) is 13.8 Å². The molecule has 0 aromatic heterocycles. The van der Waals surface area contributed by atoms with Gasteiger partial charge in [-0.2, -0.15) is 5.10 Å². The molecule has 0 saturated heterocycles. The number of halogens is 1. The Morgan fingerprint density at radius 1 is 1.85 bits per heavy atom. The van der Waals surface area contributed by atoms with Gasteiger partial charge in [0.25, 0.3) is 0 Å². The second-order valence-electron chi connectivity index (χ2n) is 2.49. The average molecular weight is 199 g/mol. The number of hydrogen-bond acceptors (Lipinski definition) is 2. The van der Waals surface area contributed by atoms with Crippen LogP contribution in [0.1, 0.15) is 13.8 Å². The summed E-state index contributed by atoms with van der Waals surface area (Å²) in [4.78, 5) is 3.90. The highest BCUT2D eigenvalue weighted by Crippen LogP contribution is 2.16. The third kappa shape index (κ3) is 1.95. The third-order valence-corrected chi connectivity index (χ3v) is 1.87. The summed E-state index contributed by atoms with van der Waals surface area (Å²) in [6, 6.07) is 0. The van der Waals surface area contributed by atoms with Gasteiger partial charge in [0.1, 0.15) is 6.34 Å². The smallest absolute Gasteiger partial charge is 0.160 e. The highest BCUT2D eigenvalue weighted by atomic mass is 35.5. The number of nitrogens with zero attached hydrogens (tertiary/aromatic N) is 3. The highest BCUT2D eigenvalue weighted by molar-refractivity contribution is 6.36. The lowest BCUT2D eigenvalue weighted by Crippen LogP contribution is -2.22. The van der Waals surface area contributed by atoms with Crippen LogP contribution < -0.4 is 0 Å². The van der Waals surface area contributed by atoms with Crippen LogP contribution in [0.25, 0.3) is 0 Å². The molecule has 1 N–H and O–H groups in total. The molecule has 0 aliphatic carbocycles. The van der Waals surface area contributed by atoms with Gasteiger partial charge < -0.3 is 0 Å². The predicted octanol–water partition coefficient (Wildman–Crippen LogP) is 1.83. The Morgan fingerprint density at radius 3 is 3.00 bits per heavy atom. The van der Waals surface area contributed by atoms with Crippen LogP contribution in [0.3, 0.4) is 0 Å². The Hall–Kier alpha value is -1.16. The van der Waals surface area contributed by atoms with Crippen molar-refractivity contribution in [3.05, 3.63) is 10.6 Å². The van der Waals surface area contributed by atoms with Crippen molar-refractivity contribution >= 4 is 30.0 Å². The first kappa shape index (κ1) is 9.92. The number of amidine groups is 1. The average Bonchev–Trinajstić information content (AvgIpc) is 2.48. The van der Waals surface area contributed by atoms with Gasteiger partial charge in [0.05, 0.1) is 11.8 Å². The van der Waals surface area contributed by atoms with Gasteiger partial charge in [-0.3, -0.25) is 5.41 Å². The minimum absolute atomic E-state index is 0.639. The summed E-state index contributed by atoms with van der Waals surface area (Å²) >= 11 is 5.84. The molecule has 0 aromatic rings. The summed E-state index contributed by atoms with van der Waals surface area (Å²) < 4.78 is 0. The van der Waals surface area contributed by atoms with E-state index in [1.807, 2.05) is 6.92 Å². The lowest BCUT2D eigenvalue weighted by molar-refractivity contribution is 0.485. The molecule has 0 aromatic carbocycles. The van der Waals surface area contributed by atoms with E-state index in [0.717, 1.165) is 18.5 Å². The fourth-order valence-electron chi connectivity index (χ4n) is 1.05. The molecular formula is C8H11ClN4. The maximum Gasteiger partial charge on any atom is 0.160 e. The molecule has 1 heterocycles.